The summed E-state index contributed by atoms with van der Waals surface area (Å²) in [7, 11) is 0. The van der Waals surface area contributed by atoms with Gasteiger partial charge in [-0.2, -0.15) is 0 Å². The van der Waals surface area contributed by atoms with Crippen molar-refractivity contribution in [1.29, 1.82) is 0 Å². The second-order valence-electron chi connectivity index (χ2n) is 11.5. The van der Waals surface area contributed by atoms with Gasteiger partial charge in [0, 0.05) is 32.9 Å². The number of hydrogen-bond donors (Lipinski definition) is 1. The van der Waals surface area contributed by atoms with Crippen molar-refractivity contribution in [3.63, 3.8) is 0 Å². The number of allylic oxidation sites excluding steroid dienone is 1. The number of anilines is 2. The molecule has 0 radical (unpaired) electrons. The number of ketones is 2. The van der Waals surface area contributed by atoms with E-state index in [9.17, 15) is 14.4 Å². The lowest BCUT2D eigenvalue weighted by Crippen LogP contribution is -2.51. The number of amides is 1. The third-order valence-corrected chi connectivity index (χ3v) is 8.55. The van der Waals surface area contributed by atoms with Crippen LogP contribution in [0.1, 0.15) is 49.2 Å². The summed E-state index contributed by atoms with van der Waals surface area (Å²) in [5.41, 5.74) is 2.68. The molecule has 3 heterocycles. The Hall–Kier alpha value is -3.70. The summed E-state index contributed by atoms with van der Waals surface area (Å²) in [6.45, 7) is 7.65. The lowest BCUT2D eigenvalue weighted by molar-refractivity contribution is -0.128. The van der Waals surface area contributed by atoms with Crippen LogP contribution in [0.5, 0.6) is 0 Å². The molecule has 38 heavy (non-hydrogen) atoms. The van der Waals surface area contributed by atoms with Gasteiger partial charge in [-0.05, 0) is 54.5 Å². The summed E-state index contributed by atoms with van der Waals surface area (Å²) in [6.07, 6.45) is 2.07. The Labute approximate surface area is 227 Å². The van der Waals surface area contributed by atoms with E-state index in [0.717, 1.165) is 22.4 Å². The van der Waals surface area contributed by atoms with Crippen LogP contribution < -0.4 is 10.2 Å². The summed E-state index contributed by atoms with van der Waals surface area (Å²) in [6, 6.07) is 20.8. The highest BCUT2D eigenvalue weighted by molar-refractivity contribution is 6.30. The average molecular weight is 525 g/mol. The van der Waals surface area contributed by atoms with Crippen molar-refractivity contribution in [3.8, 4) is 0 Å². The van der Waals surface area contributed by atoms with Crippen molar-refractivity contribution in [2.75, 3.05) is 10.2 Å². The van der Waals surface area contributed by atoms with Crippen LogP contribution in [0.4, 0.5) is 11.4 Å². The highest BCUT2D eigenvalue weighted by Crippen LogP contribution is 2.59. The van der Waals surface area contributed by atoms with Crippen molar-refractivity contribution >= 4 is 46.0 Å². The molecule has 0 saturated carbocycles. The standard InChI is InChI=1S/C32H29ClN2O3/c1-18-17-25-32(22-10-6-7-11-23(22)34-30(32)38)26(28(36)19-13-15-20(33)16-14-19)27(29(37)31(2,3)4)35(25)24-12-8-5-9-21(18)24/h5-17,25-27H,1-4H3,(H,34,38). The molecule has 0 aromatic heterocycles. The first-order chi connectivity index (χ1) is 18.1. The number of carbonyl (C=O) groups excluding carboxylic acids is 3. The summed E-state index contributed by atoms with van der Waals surface area (Å²) >= 11 is 6.15. The fourth-order valence-corrected chi connectivity index (χ4v) is 6.75. The Morgan fingerprint density at radius 1 is 0.947 bits per heavy atom. The van der Waals surface area contributed by atoms with Crippen molar-refractivity contribution in [3.05, 3.63) is 101 Å². The first kappa shape index (κ1) is 24.6. The molecule has 3 aliphatic heterocycles. The van der Waals surface area contributed by atoms with Gasteiger partial charge in [-0.25, -0.2) is 0 Å². The molecule has 4 atom stereocenters. The summed E-state index contributed by atoms with van der Waals surface area (Å²) < 4.78 is 0. The number of carbonyl (C=O) groups is 3. The van der Waals surface area contributed by atoms with E-state index in [1.807, 2.05) is 76.2 Å². The van der Waals surface area contributed by atoms with Crippen LogP contribution in [-0.2, 0) is 15.0 Å². The number of nitrogens with zero attached hydrogens (tertiary/aromatic N) is 1. The van der Waals surface area contributed by atoms with E-state index < -0.39 is 28.8 Å². The Balaban J connectivity index is 1.70. The predicted octanol–water partition coefficient (Wildman–Crippen LogP) is 6.32. The lowest BCUT2D eigenvalue weighted by atomic mass is 9.63. The molecule has 1 N–H and O–H groups in total. The van der Waals surface area contributed by atoms with Gasteiger partial charge in [0.15, 0.2) is 11.6 Å². The van der Waals surface area contributed by atoms with Gasteiger partial charge < -0.3 is 10.2 Å². The van der Waals surface area contributed by atoms with Crippen molar-refractivity contribution in [1.82, 2.24) is 0 Å². The third kappa shape index (κ3) is 3.27. The van der Waals surface area contributed by atoms with Gasteiger partial charge in [0.2, 0.25) is 5.91 Å². The van der Waals surface area contributed by atoms with Gasteiger partial charge in [-0.3, -0.25) is 14.4 Å². The van der Waals surface area contributed by atoms with E-state index in [1.54, 1.807) is 24.3 Å². The zero-order valence-electron chi connectivity index (χ0n) is 21.8. The molecule has 4 unspecified atom stereocenters. The smallest absolute Gasteiger partial charge is 0.238 e. The molecule has 192 valence electrons. The second-order valence-corrected chi connectivity index (χ2v) is 11.9. The summed E-state index contributed by atoms with van der Waals surface area (Å²) in [4.78, 5) is 45.4. The summed E-state index contributed by atoms with van der Waals surface area (Å²) in [5, 5.41) is 3.58. The molecule has 0 bridgehead atoms. The number of rotatable bonds is 3. The number of hydrogen-bond acceptors (Lipinski definition) is 4. The SMILES string of the molecule is CC1=CC2N(c3ccccc31)C(C(=O)C(C)(C)C)C(C(=O)c1ccc(Cl)cc1)C21C(=O)Nc2ccccc21. The lowest BCUT2D eigenvalue weighted by Gasteiger charge is -2.39. The van der Waals surface area contributed by atoms with Crippen LogP contribution >= 0.6 is 11.6 Å². The third-order valence-electron chi connectivity index (χ3n) is 8.30. The fourth-order valence-electron chi connectivity index (χ4n) is 6.62. The highest BCUT2D eigenvalue weighted by Gasteiger charge is 2.71. The normalized spacial score (nSPS) is 25.4. The molecule has 1 saturated heterocycles. The molecule has 3 aromatic rings. The second kappa shape index (κ2) is 8.40. The minimum Gasteiger partial charge on any atom is -0.352 e. The average Bonchev–Trinajstić information content (AvgIpc) is 3.36. The Bertz CT molecular complexity index is 1530. The highest BCUT2D eigenvalue weighted by atomic mass is 35.5. The Morgan fingerprint density at radius 2 is 1.61 bits per heavy atom. The first-order valence-corrected chi connectivity index (χ1v) is 13.3. The van der Waals surface area contributed by atoms with Gasteiger partial charge in [0.1, 0.15) is 11.5 Å². The van der Waals surface area contributed by atoms with Crippen LogP contribution in [0.3, 0.4) is 0 Å². The molecular weight excluding hydrogens is 496 g/mol. The molecule has 6 rings (SSSR count). The van der Waals surface area contributed by atoms with E-state index >= 15 is 0 Å². The Morgan fingerprint density at radius 3 is 2.32 bits per heavy atom. The van der Waals surface area contributed by atoms with E-state index in [0.29, 0.717) is 16.3 Å². The zero-order valence-corrected chi connectivity index (χ0v) is 22.5. The molecule has 1 amide bonds. The van der Waals surface area contributed by atoms with Crippen LogP contribution in [-0.4, -0.2) is 29.6 Å². The molecular formula is C32H29ClN2O3. The number of Topliss-reactive ketones (excluding diaryl/α,β-unsaturated/α-hetero) is 2. The van der Waals surface area contributed by atoms with Crippen LogP contribution in [0.25, 0.3) is 5.57 Å². The molecule has 5 nitrogen and oxygen atoms in total. The maximum Gasteiger partial charge on any atom is 0.238 e. The van der Waals surface area contributed by atoms with Crippen molar-refractivity contribution < 1.29 is 14.4 Å². The van der Waals surface area contributed by atoms with Crippen LogP contribution in [0, 0.1) is 11.3 Å². The van der Waals surface area contributed by atoms with Crippen LogP contribution in [0.2, 0.25) is 5.02 Å². The minimum atomic E-state index is -1.30. The maximum absolute atomic E-state index is 14.6. The number of nitrogens with one attached hydrogen (secondary N) is 1. The Kier molecular flexibility index (Phi) is 5.45. The first-order valence-electron chi connectivity index (χ1n) is 12.9. The number of para-hydroxylation sites is 2. The predicted molar refractivity (Wildman–Crippen MR) is 151 cm³/mol. The van der Waals surface area contributed by atoms with Gasteiger partial charge >= 0.3 is 0 Å². The van der Waals surface area contributed by atoms with Crippen LogP contribution in [0.15, 0.2) is 78.9 Å². The van der Waals surface area contributed by atoms with E-state index in [2.05, 4.69) is 16.3 Å². The zero-order chi connectivity index (χ0) is 27.0. The van der Waals surface area contributed by atoms with Gasteiger partial charge in [-0.1, -0.05) is 74.8 Å². The van der Waals surface area contributed by atoms with Gasteiger partial charge in [0.05, 0.1) is 12.0 Å². The van der Waals surface area contributed by atoms with E-state index in [4.69, 9.17) is 11.6 Å². The quantitative estimate of drug-likeness (QED) is 0.407. The maximum atomic E-state index is 14.6. The number of halogens is 1. The molecule has 1 spiro atoms. The molecule has 6 heteroatoms. The van der Waals surface area contributed by atoms with Gasteiger partial charge in [0.25, 0.3) is 0 Å². The van der Waals surface area contributed by atoms with Crippen molar-refractivity contribution in [2.45, 2.75) is 45.2 Å². The topological polar surface area (TPSA) is 66.5 Å². The summed E-state index contributed by atoms with van der Waals surface area (Å²) in [5.74, 6) is -1.53. The number of fused-ring (bicyclic) bond motifs is 6. The van der Waals surface area contributed by atoms with E-state index in [-0.39, 0.29) is 17.5 Å². The van der Waals surface area contributed by atoms with Gasteiger partial charge in [-0.15, -0.1) is 0 Å². The van der Waals surface area contributed by atoms with E-state index in [1.165, 1.54) is 0 Å². The largest absolute Gasteiger partial charge is 0.352 e. The molecule has 1 fully saturated rings. The van der Waals surface area contributed by atoms with Crippen molar-refractivity contribution in [2.24, 2.45) is 11.3 Å². The molecule has 3 aliphatic rings. The monoisotopic (exact) mass is 524 g/mol. The fraction of sp³-hybridized carbons (Fsp3) is 0.281. The number of benzene rings is 3. The molecule has 3 aromatic carbocycles. The molecule has 0 aliphatic carbocycles. The minimum absolute atomic E-state index is 0.0772.